The van der Waals surface area contributed by atoms with E-state index in [0.717, 1.165) is 22.0 Å². The number of aliphatic hydroxyl groups is 1. The molecule has 1 N–H and O–H groups in total. The summed E-state index contributed by atoms with van der Waals surface area (Å²) in [4.78, 5) is 11.5. The topological polar surface area (TPSA) is 42.2 Å². The van der Waals surface area contributed by atoms with Gasteiger partial charge < -0.3 is 9.67 Å². The van der Waals surface area contributed by atoms with E-state index in [1.54, 1.807) is 6.92 Å². The van der Waals surface area contributed by atoms with E-state index >= 15 is 0 Å². The molecule has 2 aromatic rings. The molecule has 1 aromatic carbocycles. The molecule has 3 nitrogen and oxygen atoms in total. The second-order valence-corrected chi connectivity index (χ2v) is 3.99. The van der Waals surface area contributed by atoms with Gasteiger partial charge >= 0.3 is 0 Å². The van der Waals surface area contributed by atoms with Crippen LogP contribution in [0.3, 0.4) is 0 Å². The van der Waals surface area contributed by atoms with Crippen molar-refractivity contribution in [3.8, 4) is 0 Å². The van der Waals surface area contributed by atoms with Gasteiger partial charge in [-0.2, -0.15) is 0 Å². The minimum Gasteiger partial charge on any atom is -0.395 e. The van der Waals surface area contributed by atoms with E-state index in [0.29, 0.717) is 6.54 Å². The average molecular weight is 217 g/mol. The van der Waals surface area contributed by atoms with Gasteiger partial charge in [0.1, 0.15) is 0 Å². The number of fused-ring (bicyclic) bond motifs is 1. The lowest BCUT2D eigenvalue weighted by Gasteiger charge is -2.04. The number of nitrogens with zero attached hydrogens (tertiary/aromatic N) is 1. The van der Waals surface area contributed by atoms with Crippen LogP contribution in [0.25, 0.3) is 10.9 Å². The van der Waals surface area contributed by atoms with E-state index in [4.69, 9.17) is 5.11 Å². The summed E-state index contributed by atoms with van der Waals surface area (Å²) in [5.74, 6) is 0.0623. The molecule has 0 aliphatic rings. The van der Waals surface area contributed by atoms with E-state index in [2.05, 4.69) is 0 Å². The lowest BCUT2D eigenvalue weighted by Crippen LogP contribution is -2.01. The monoisotopic (exact) mass is 217 g/mol. The zero-order chi connectivity index (χ0) is 11.7. The van der Waals surface area contributed by atoms with Crippen molar-refractivity contribution in [3.05, 3.63) is 35.5 Å². The molecule has 2 rings (SSSR count). The van der Waals surface area contributed by atoms with Gasteiger partial charge in [0.15, 0.2) is 5.78 Å². The van der Waals surface area contributed by atoms with Gasteiger partial charge in [0.2, 0.25) is 0 Å². The Morgan fingerprint density at radius 3 is 2.81 bits per heavy atom. The van der Waals surface area contributed by atoms with Crippen LogP contribution in [0, 0.1) is 6.92 Å². The van der Waals surface area contributed by atoms with Gasteiger partial charge in [-0.25, -0.2) is 0 Å². The first-order valence-electron chi connectivity index (χ1n) is 5.35. The van der Waals surface area contributed by atoms with Gasteiger partial charge in [-0.15, -0.1) is 0 Å². The molecule has 0 amide bonds. The van der Waals surface area contributed by atoms with Gasteiger partial charge in [-0.1, -0.05) is 18.2 Å². The van der Waals surface area contributed by atoms with Crippen LogP contribution < -0.4 is 0 Å². The molecular weight excluding hydrogens is 202 g/mol. The summed E-state index contributed by atoms with van der Waals surface area (Å²) in [6.45, 7) is 4.19. The van der Waals surface area contributed by atoms with Crippen LogP contribution in [0.5, 0.6) is 0 Å². The Labute approximate surface area is 94.3 Å². The number of rotatable bonds is 3. The van der Waals surface area contributed by atoms with Gasteiger partial charge in [0.25, 0.3) is 0 Å². The molecule has 0 saturated heterocycles. The number of ketones is 1. The maximum atomic E-state index is 11.5. The van der Waals surface area contributed by atoms with Crippen LogP contribution in [0.1, 0.15) is 22.8 Å². The molecule has 16 heavy (non-hydrogen) atoms. The Morgan fingerprint density at radius 2 is 2.19 bits per heavy atom. The molecule has 0 aliphatic carbocycles. The summed E-state index contributed by atoms with van der Waals surface area (Å²) >= 11 is 0. The van der Waals surface area contributed by atoms with Crippen molar-refractivity contribution in [2.75, 3.05) is 6.61 Å². The van der Waals surface area contributed by atoms with Crippen LogP contribution in [-0.2, 0) is 6.54 Å². The Morgan fingerprint density at radius 1 is 1.44 bits per heavy atom. The zero-order valence-corrected chi connectivity index (χ0v) is 9.53. The molecule has 0 saturated carbocycles. The van der Waals surface area contributed by atoms with E-state index in [1.807, 2.05) is 35.9 Å². The normalized spacial score (nSPS) is 10.9. The highest BCUT2D eigenvalue weighted by Gasteiger charge is 2.12. The third-order valence-corrected chi connectivity index (χ3v) is 2.82. The molecule has 0 bridgehead atoms. The minimum absolute atomic E-state index is 0.0623. The van der Waals surface area contributed by atoms with Gasteiger partial charge in [-0.05, 0) is 19.4 Å². The second kappa shape index (κ2) is 4.10. The first-order valence-corrected chi connectivity index (χ1v) is 5.35. The molecule has 0 fully saturated rings. The number of benzene rings is 1. The summed E-state index contributed by atoms with van der Waals surface area (Å²) in [6, 6.07) is 5.92. The second-order valence-electron chi connectivity index (χ2n) is 3.99. The zero-order valence-electron chi connectivity index (χ0n) is 9.53. The van der Waals surface area contributed by atoms with Crippen molar-refractivity contribution in [2.24, 2.45) is 0 Å². The molecule has 0 unspecified atom stereocenters. The first kappa shape index (κ1) is 10.9. The molecule has 0 aliphatic heterocycles. The molecule has 1 aromatic heterocycles. The number of para-hydroxylation sites is 1. The molecule has 1 heterocycles. The van der Waals surface area contributed by atoms with E-state index in [9.17, 15) is 4.79 Å². The highest BCUT2D eigenvalue weighted by molar-refractivity contribution is 6.07. The quantitative estimate of drug-likeness (QED) is 0.800. The van der Waals surface area contributed by atoms with Crippen molar-refractivity contribution in [1.29, 1.82) is 0 Å². The molecule has 84 valence electrons. The number of carbonyl (C=O) groups excluding carboxylic acids is 1. The summed E-state index contributed by atoms with van der Waals surface area (Å²) in [7, 11) is 0. The summed E-state index contributed by atoms with van der Waals surface area (Å²) < 4.78 is 1.95. The van der Waals surface area contributed by atoms with Crippen molar-refractivity contribution >= 4 is 16.7 Å². The number of carbonyl (C=O) groups is 1. The number of hydrogen-bond acceptors (Lipinski definition) is 2. The van der Waals surface area contributed by atoms with E-state index in [1.165, 1.54) is 0 Å². The smallest absolute Gasteiger partial charge is 0.161 e. The van der Waals surface area contributed by atoms with E-state index < -0.39 is 0 Å². The highest BCUT2D eigenvalue weighted by atomic mass is 16.3. The molecule has 0 atom stereocenters. The Balaban J connectivity index is 2.76. The van der Waals surface area contributed by atoms with Crippen LogP contribution in [0.4, 0.5) is 0 Å². The number of Topliss-reactive ketones (excluding diaryl/α,β-unsaturated/α-hetero) is 1. The number of aryl methyl sites for hydroxylation is 1. The maximum Gasteiger partial charge on any atom is 0.161 e. The van der Waals surface area contributed by atoms with Crippen LogP contribution in [0.2, 0.25) is 0 Å². The lowest BCUT2D eigenvalue weighted by molar-refractivity contribution is 0.101. The maximum absolute atomic E-state index is 11.5. The fraction of sp³-hybridized carbons (Fsp3) is 0.308. The summed E-state index contributed by atoms with van der Waals surface area (Å²) in [6.07, 6.45) is 1.83. The third kappa shape index (κ3) is 1.63. The average Bonchev–Trinajstić information content (AvgIpc) is 2.59. The largest absolute Gasteiger partial charge is 0.395 e. The van der Waals surface area contributed by atoms with Crippen molar-refractivity contribution < 1.29 is 9.90 Å². The van der Waals surface area contributed by atoms with Crippen LogP contribution >= 0.6 is 0 Å². The minimum atomic E-state index is 0.0623. The predicted molar refractivity (Wildman–Crippen MR) is 63.8 cm³/mol. The lowest BCUT2D eigenvalue weighted by atomic mass is 10.1. The van der Waals surface area contributed by atoms with Crippen LogP contribution in [0.15, 0.2) is 24.4 Å². The molecule has 0 radical (unpaired) electrons. The molecule has 3 heteroatoms. The fourth-order valence-electron chi connectivity index (χ4n) is 2.11. The van der Waals surface area contributed by atoms with Crippen LogP contribution in [-0.4, -0.2) is 22.1 Å². The molecular formula is C13H15NO2. The summed E-state index contributed by atoms with van der Waals surface area (Å²) in [5, 5.41) is 9.99. The number of hydrogen-bond donors (Lipinski definition) is 1. The van der Waals surface area contributed by atoms with Gasteiger partial charge in [-0.3, -0.25) is 4.79 Å². The Bertz CT molecular complexity index is 540. The fourth-order valence-corrected chi connectivity index (χ4v) is 2.11. The number of aliphatic hydroxyl groups excluding tert-OH is 1. The van der Waals surface area contributed by atoms with Gasteiger partial charge in [0.05, 0.1) is 12.1 Å². The first-order chi connectivity index (χ1) is 7.65. The Hall–Kier alpha value is -1.61. The van der Waals surface area contributed by atoms with Crippen molar-refractivity contribution in [2.45, 2.75) is 20.4 Å². The van der Waals surface area contributed by atoms with Crippen molar-refractivity contribution in [1.82, 2.24) is 4.57 Å². The SMILES string of the molecule is CC(=O)c1cn(CCO)c2c(C)cccc12. The third-order valence-electron chi connectivity index (χ3n) is 2.82. The highest BCUT2D eigenvalue weighted by Crippen LogP contribution is 2.24. The van der Waals surface area contributed by atoms with E-state index in [-0.39, 0.29) is 12.4 Å². The standard InChI is InChI=1S/C13H15NO2/c1-9-4-3-5-11-12(10(2)16)8-14(6-7-15)13(9)11/h3-5,8,15H,6-7H2,1-2H3. The number of aromatic nitrogens is 1. The Kier molecular flexibility index (Phi) is 2.79. The molecule has 0 spiro atoms. The van der Waals surface area contributed by atoms with Gasteiger partial charge in [0, 0.05) is 23.7 Å². The predicted octanol–water partition coefficient (Wildman–Crippen LogP) is 2.14. The van der Waals surface area contributed by atoms with Crippen molar-refractivity contribution in [3.63, 3.8) is 0 Å². The summed E-state index contributed by atoms with van der Waals surface area (Å²) in [5.41, 5.74) is 2.90.